The van der Waals surface area contributed by atoms with Gasteiger partial charge < -0.3 is 10.1 Å². The van der Waals surface area contributed by atoms with E-state index in [4.69, 9.17) is 17.0 Å². The van der Waals surface area contributed by atoms with Gasteiger partial charge in [-0.1, -0.05) is 6.07 Å². The van der Waals surface area contributed by atoms with Crippen LogP contribution in [0.15, 0.2) is 29.5 Å². The number of thiocarbonyl (C=S) groups is 1. The molecule has 0 fully saturated rings. The molecule has 86 valence electrons. The molecule has 6 heteroatoms. The normalized spacial score (nSPS) is 10.3. The average Bonchev–Trinajstić information content (AvgIpc) is 2.31. The summed E-state index contributed by atoms with van der Waals surface area (Å²) in [5, 5.41) is 7.33. The largest absolute Gasteiger partial charge is 0.383 e. The Kier molecular flexibility index (Phi) is 6.05. The van der Waals surface area contributed by atoms with E-state index >= 15 is 0 Å². The van der Waals surface area contributed by atoms with Crippen LogP contribution in [0, 0.1) is 0 Å². The van der Waals surface area contributed by atoms with Gasteiger partial charge in [0.1, 0.15) is 0 Å². The fourth-order valence-corrected chi connectivity index (χ4v) is 1.07. The van der Waals surface area contributed by atoms with Crippen LogP contribution in [0.1, 0.15) is 5.69 Å². The van der Waals surface area contributed by atoms with E-state index in [1.165, 1.54) is 0 Å². The summed E-state index contributed by atoms with van der Waals surface area (Å²) in [6.07, 6.45) is 3.31. The predicted octanol–water partition coefficient (Wildman–Crippen LogP) is 0.526. The molecule has 0 radical (unpaired) electrons. The average molecular weight is 238 g/mol. The van der Waals surface area contributed by atoms with E-state index in [1.54, 1.807) is 19.5 Å². The third-order valence-electron chi connectivity index (χ3n) is 1.64. The summed E-state index contributed by atoms with van der Waals surface area (Å²) < 4.78 is 4.87. The van der Waals surface area contributed by atoms with Crippen LogP contribution in [0.3, 0.4) is 0 Å². The van der Waals surface area contributed by atoms with Gasteiger partial charge in [-0.25, -0.2) is 0 Å². The third kappa shape index (κ3) is 5.38. The summed E-state index contributed by atoms with van der Waals surface area (Å²) in [7, 11) is 1.64. The van der Waals surface area contributed by atoms with Gasteiger partial charge in [-0.05, 0) is 24.4 Å². The number of nitrogens with one attached hydrogen (secondary N) is 2. The van der Waals surface area contributed by atoms with Gasteiger partial charge in [0.2, 0.25) is 0 Å². The molecule has 0 aliphatic rings. The summed E-state index contributed by atoms with van der Waals surface area (Å²) in [5.74, 6) is 0. The van der Waals surface area contributed by atoms with Gasteiger partial charge in [-0.3, -0.25) is 10.4 Å². The molecule has 2 N–H and O–H groups in total. The molecule has 0 aliphatic heterocycles. The number of rotatable bonds is 5. The fraction of sp³-hybridized carbons (Fsp3) is 0.300. The minimum absolute atomic E-state index is 0.462. The Balaban J connectivity index is 2.24. The Morgan fingerprint density at radius 1 is 1.62 bits per heavy atom. The second-order valence-corrected chi connectivity index (χ2v) is 3.28. The predicted molar refractivity (Wildman–Crippen MR) is 67.4 cm³/mol. The van der Waals surface area contributed by atoms with Crippen LogP contribution in [-0.4, -0.2) is 36.6 Å². The minimum atomic E-state index is 0.462. The molecule has 0 atom stereocenters. The van der Waals surface area contributed by atoms with Crippen molar-refractivity contribution in [1.29, 1.82) is 0 Å². The van der Waals surface area contributed by atoms with Gasteiger partial charge in [-0.2, -0.15) is 5.10 Å². The molecule has 0 aliphatic carbocycles. The van der Waals surface area contributed by atoms with E-state index in [1.807, 2.05) is 18.2 Å². The summed E-state index contributed by atoms with van der Waals surface area (Å²) in [6, 6.07) is 5.60. The fourth-order valence-electron chi connectivity index (χ4n) is 0.916. The van der Waals surface area contributed by atoms with E-state index in [-0.39, 0.29) is 0 Å². The monoisotopic (exact) mass is 238 g/mol. The van der Waals surface area contributed by atoms with Crippen molar-refractivity contribution in [2.45, 2.75) is 0 Å². The van der Waals surface area contributed by atoms with Crippen LogP contribution < -0.4 is 10.7 Å². The molecule has 1 heterocycles. The molecule has 5 nitrogen and oxygen atoms in total. The van der Waals surface area contributed by atoms with Gasteiger partial charge in [0, 0.05) is 19.9 Å². The smallest absolute Gasteiger partial charge is 0.187 e. The number of methoxy groups -OCH3 is 1. The lowest BCUT2D eigenvalue weighted by atomic mass is 10.4. The maximum Gasteiger partial charge on any atom is 0.187 e. The van der Waals surface area contributed by atoms with Gasteiger partial charge in [0.05, 0.1) is 18.5 Å². The lowest BCUT2D eigenvalue weighted by Crippen LogP contribution is -2.34. The highest BCUT2D eigenvalue weighted by Gasteiger charge is 1.91. The quantitative estimate of drug-likeness (QED) is 0.339. The van der Waals surface area contributed by atoms with Crippen molar-refractivity contribution in [2.24, 2.45) is 5.10 Å². The molecular weight excluding hydrogens is 224 g/mol. The van der Waals surface area contributed by atoms with Crippen molar-refractivity contribution in [3.63, 3.8) is 0 Å². The molecule has 0 saturated heterocycles. The highest BCUT2D eigenvalue weighted by molar-refractivity contribution is 7.80. The maximum atomic E-state index is 4.97. The van der Waals surface area contributed by atoms with Crippen LogP contribution in [0.25, 0.3) is 0 Å². The zero-order chi connectivity index (χ0) is 11.6. The standard InChI is InChI=1S/C10H14N4OS/c1-15-7-6-12-10(16)14-13-8-9-4-2-3-5-11-9/h2-5,8H,6-7H2,1H3,(H2,12,14,16)/b13-8-. The number of aromatic nitrogens is 1. The molecule has 0 bridgehead atoms. The molecule has 1 rings (SSSR count). The van der Waals surface area contributed by atoms with Crippen molar-refractivity contribution in [2.75, 3.05) is 20.3 Å². The molecular formula is C10H14N4OS. The molecule has 16 heavy (non-hydrogen) atoms. The maximum absolute atomic E-state index is 4.97. The second kappa shape index (κ2) is 7.72. The number of hydrogen-bond acceptors (Lipinski definition) is 4. The van der Waals surface area contributed by atoms with Crippen molar-refractivity contribution in [1.82, 2.24) is 15.7 Å². The van der Waals surface area contributed by atoms with Gasteiger partial charge in [0.25, 0.3) is 0 Å². The van der Waals surface area contributed by atoms with Crippen LogP contribution >= 0.6 is 12.2 Å². The summed E-state index contributed by atoms with van der Waals surface area (Å²) in [6.45, 7) is 1.26. The van der Waals surface area contributed by atoms with Crippen LogP contribution in [-0.2, 0) is 4.74 Å². The van der Waals surface area contributed by atoms with Crippen molar-refractivity contribution >= 4 is 23.5 Å². The molecule has 1 aromatic heterocycles. The van der Waals surface area contributed by atoms with Gasteiger partial charge in [-0.15, -0.1) is 0 Å². The zero-order valence-electron chi connectivity index (χ0n) is 9.01. The van der Waals surface area contributed by atoms with Crippen LogP contribution in [0.2, 0.25) is 0 Å². The number of ether oxygens (including phenoxy) is 1. The summed E-state index contributed by atoms with van der Waals surface area (Å²) in [5.41, 5.74) is 3.46. The second-order valence-electron chi connectivity index (χ2n) is 2.87. The summed E-state index contributed by atoms with van der Waals surface area (Å²) in [4.78, 5) is 4.08. The lowest BCUT2D eigenvalue weighted by molar-refractivity contribution is 0.204. The van der Waals surface area contributed by atoms with E-state index in [2.05, 4.69) is 20.8 Å². The number of hydrazone groups is 1. The van der Waals surface area contributed by atoms with Gasteiger partial charge >= 0.3 is 0 Å². The first-order chi connectivity index (χ1) is 7.83. The Labute approximate surface area is 99.9 Å². The zero-order valence-corrected chi connectivity index (χ0v) is 9.83. The van der Waals surface area contributed by atoms with E-state index in [0.29, 0.717) is 18.3 Å². The molecule has 0 unspecified atom stereocenters. The first-order valence-corrected chi connectivity index (χ1v) is 5.20. The number of pyridine rings is 1. The van der Waals surface area contributed by atoms with E-state index in [9.17, 15) is 0 Å². The molecule has 0 spiro atoms. The molecule has 0 aromatic carbocycles. The minimum Gasteiger partial charge on any atom is -0.383 e. The van der Waals surface area contributed by atoms with Crippen molar-refractivity contribution < 1.29 is 4.74 Å². The lowest BCUT2D eigenvalue weighted by Gasteiger charge is -2.05. The highest BCUT2D eigenvalue weighted by Crippen LogP contribution is 1.87. The Morgan fingerprint density at radius 2 is 2.50 bits per heavy atom. The molecule has 1 aromatic rings. The number of nitrogens with zero attached hydrogens (tertiary/aromatic N) is 2. The Bertz CT molecular complexity index is 342. The topological polar surface area (TPSA) is 58.5 Å². The van der Waals surface area contributed by atoms with Gasteiger partial charge in [0.15, 0.2) is 5.11 Å². The van der Waals surface area contributed by atoms with Crippen LogP contribution in [0.5, 0.6) is 0 Å². The Hall–Kier alpha value is -1.53. The molecule has 0 amide bonds. The molecule has 0 saturated carbocycles. The third-order valence-corrected chi connectivity index (χ3v) is 1.88. The summed E-state index contributed by atoms with van der Waals surface area (Å²) >= 11 is 4.97. The van der Waals surface area contributed by atoms with Crippen LogP contribution in [0.4, 0.5) is 0 Å². The highest BCUT2D eigenvalue weighted by atomic mass is 32.1. The van der Waals surface area contributed by atoms with E-state index in [0.717, 1.165) is 5.69 Å². The van der Waals surface area contributed by atoms with Crippen molar-refractivity contribution in [3.05, 3.63) is 30.1 Å². The van der Waals surface area contributed by atoms with Crippen molar-refractivity contribution in [3.8, 4) is 0 Å². The SMILES string of the molecule is COCCNC(=S)N/N=C\c1ccccn1. The number of hydrogen-bond donors (Lipinski definition) is 2. The van der Waals surface area contributed by atoms with E-state index < -0.39 is 0 Å². The first-order valence-electron chi connectivity index (χ1n) is 4.80. The Morgan fingerprint density at radius 3 is 3.19 bits per heavy atom. The first kappa shape index (κ1) is 12.5.